The predicted molar refractivity (Wildman–Crippen MR) is 54.6 cm³/mol. The van der Waals surface area contributed by atoms with Crippen molar-refractivity contribution < 1.29 is 9.90 Å². The molecule has 2 heterocycles. The number of nitrogens with two attached hydrogens (primary N) is 1. The highest BCUT2D eigenvalue weighted by Gasteiger charge is 2.14. The first-order chi connectivity index (χ1) is 7.00. The van der Waals surface area contributed by atoms with E-state index in [0.29, 0.717) is 11.2 Å². The van der Waals surface area contributed by atoms with Crippen molar-refractivity contribution in [1.82, 2.24) is 14.5 Å². The standard InChI is InChI=1S/C9H10N4O2/c1-4-11-6-3-5(9(14)15)7(10)12-8(6)13(4)2/h3H,1-2H3,(H2,10,12)(H,14,15). The molecule has 0 aliphatic heterocycles. The molecule has 0 aliphatic carbocycles. The van der Waals surface area contributed by atoms with E-state index in [-0.39, 0.29) is 11.4 Å². The van der Waals surface area contributed by atoms with Crippen molar-refractivity contribution in [2.45, 2.75) is 6.92 Å². The first-order valence-corrected chi connectivity index (χ1v) is 4.33. The lowest BCUT2D eigenvalue weighted by Gasteiger charge is -2.00. The number of hydrogen-bond donors (Lipinski definition) is 2. The maximum absolute atomic E-state index is 10.8. The first kappa shape index (κ1) is 9.45. The second-order valence-corrected chi connectivity index (χ2v) is 3.29. The summed E-state index contributed by atoms with van der Waals surface area (Å²) in [4.78, 5) is 19.0. The van der Waals surface area contributed by atoms with Crippen molar-refractivity contribution in [2.75, 3.05) is 5.73 Å². The number of pyridine rings is 1. The summed E-state index contributed by atoms with van der Waals surface area (Å²) in [5, 5.41) is 8.85. The molecule has 0 radical (unpaired) electrons. The van der Waals surface area contributed by atoms with Gasteiger partial charge in [-0.1, -0.05) is 0 Å². The van der Waals surface area contributed by atoms with E-state index in [4.69, 9.17) is 10.8 Å². The Kier molecular flexibility index (Phi) is 1.85. The number of carbonyl (C=O) groups is 1. The van der Waals surface area contributed by atoms with Crippen LogP contribution in [0.2, 0.25) is 0 Å². The molecule has 0 aromatic carbocycles. The Morgan fingerprint density at radius 1 is 1.53 bits per heavy atom. The van der Waals surface area contributed by atoms with Crippen molar-refractivity contribution in [3.63, 3.8) is 0 Å². The average molecular weight is 206 g/mol. The van der Waals surface area contributed by atoms with E-state index < -0.39 is 5.97 Å². The lowest BCUT2D eigenvalue weighted by Crippen LogP contribution is -2.05. The normalized spacial score (nSPS) is 10.8. The Balaban J connectivity index is 2.82. The number of nitrogens with zero attached hydrogens (tertiary/aromatic N) is 3. The predicted octanol–water partition coefficient (Wildman–Crippen LogP) is 0.557. The molecule has 2 aromatic rings. The summed E-state index contributed by atoms with van der Waals surface area (Å²) in [7, 11) is 1.80. The highest BCUT2D eigenvalue weighted by molar-refractivity contribution is 5.96. The fourth-order valence-electron chi connectivity index (χ4n) is 1.41. The van der Waals surface area contributed by atoms with Crippen LogP contribution in [0.15, 0.2) is 6.07 Å². The maximum Gasteiger partial charge on any atom is 0.339 e. The lowest BCUT2D eigenvalue weighted by molar-refractivity contribution is 0.0698. The van der Waals surface area contributed by atoms with Gasteiger partial charge in [0.1, 0.15) is 22.7 Å². The fraction of sp³-hybridized carbons (Fsp3) is 0.222. The highest BCUT2D eigenvalue weighted by Crippen LogP contribution is 2.18. The van der Waals surface area contributed by atoms with E-state index in [1.54, 1.807) is 11.6 Å². The van der Waals surface area contributed by atoms with E-state index in [2.05, 4.69) is 9.97 Å². The van der Waals surface area contributed by atoms with Crippen LogP contribution >= 0.6 is 0 Å². The smallest absolute Gasteiger partial charge is 0.339 e. The summed E-state index contributed by atoms with van der Waals surface area (Å²) >= 11 is 0. The van der Waals surface area contributed by atoms with E-state index >= 15 is 0 Å². The molecule has 6 nitrogen and oxygen atoms in total. The molecule has 6 heteroatoms. The molecule has 2 rings (SSSR count). The van der Waals surface area contributed by atoms with Gasteiger partial charge in [-0.2, -0.15) is 0 Å². The number of fused-ring (bicyclic) bond motifs is 1. The molecule has 0 unspecified atom stereocenters. The summed E-state index contributed by atoms with van der Waals surface area (Å²) in [5.41, 5.74) is 6.66. The summed E-state index contributed by atoms with van der Waals surface area (Å²) in [5.74, 6) is -0.317. The zero-order valence-corrected chi connectivity index (χ0v) is 8.35. The summed E-state index contributed by atoms with van der Waals surface area (Å²) in [6.45, 7) is 1.82. The molecule has 0 atom stereocenters. The van der Waals surface area contributed by atoms with Crippen LogP contribution in [-0.2, 0) is 7.05 Å². The third-order valence-corrected chi connectivity index (χ3v) is 2.33. The van der Waals surface area contributed by atoms with Crippen LogP contribution in [0.3, 0.4) is 0 Å². The van der Waals surface area contributed by atoms with Crippen LogP contribution in [0.5, 0.6) is 0 Å². The first-order valence-electron chi connectivity index (χ1n) is 4.33. The van der Waals surface area contributed by atoms with Gasteiger partial charge in [0.15, 0.2) is 5.65 Å². The van der Waals surface area contributed by atoms with E-state index in [0.717, 1.165) is 5.82 Å². The molecule has 0 amide bonds. The number of aryl methyl sites for hydroxylation is 2. The topological polar surface area (TPSA) is 94.0 Å². The molecular weight excluding hydrogens is 196 g/mol. The van der Waals surface area contributed by atoms with Crippen LogP contribution in [0.1, 0.15) is 16.2 Å². The molecular formula is C9H10N4O2. The van der Waals surface area contributed by atoms with Gasteiger partial charge < -0.3 is 15.4 Å². The van der Waals surface area contributed by atoms with E-state index in [1.807, 2.05) is 6.92 Å². The van der Waals surface area contributed by atoms with Gasteiger partial charge in [0.2, 0.25) is 0 Å². The van der Waals surface area contributed by atoms with Crippen LogP contribution < -0.4 is 5.73 Å². The third-order valence-electron chi connectivity index (χ3n) is 2.33. The molecule has 78 valence electrons. The largest absolute Gasteiger partial charge is 0.478 e. The quantitative estimate of drug-likeness (QED) is 0.710. The number of carboxylic acids is 1. The van der Waals surface area contributed by atoms with Gasteiger partial charge in [-0.3, -0.25) is 0 Å². The molecule has 0 saturated carbocycles. The molecule has 3 N–H and O–H groups in total. The summed E-state index contributed by atoms with van der Waals surface area (Å²) in [6.07, 6.45) is 0. The summed E-state index contributed by atoms with van der Waals surface area (Å²) < 4.78 is 1.76. The Labute approximate surface area is 85.4 Å². The van der Waals surface area contributed by atoms with Crippen LogP contribution in [0.25, 0.3) is 11.2 Å². The Morgan fingerprint density at radius 3 is 2.80 bits per heavy atom. The second-order valence-electron chi connectivity index (χ2n) is 3.29. The van der Waals surface area contributed by atoms with E-state index in [9.17, 15) is 4.79 Å². The lowest BCUT2D eigenvalue weighted by atomic mass is 10.2. The van der Waals surface area contributed by atoms with Gasteiger partial charge in [0, 0.05) is 7.05 Å². The number of nitrogen functional groups attached to an aromatic ring is 1. The number of carboxylic acid groups (broad SMARTS) is 1. The average Bonchev–Trinajstić information content (AvgIpc) is 2.43. The number of rotatable bonds is 1. The molecule has 0 aliphatic rings. The minimum absolute atomic E-state index is 0.0120. The molecule has 0 saturated heterocycles. The van der Waals surface area contributed by atoms with E-state index in [1.165, 1.54) is 6.07 Å². The minimum Gasteiger partial charge on any atom is -0.478 e. The van der Waals surface area contributed by atoms with Gasteiger partial charge in [0.25, 0.3) is 0 Å². The number of hydrogen-bond acceptors (Lipinski definition) is 4. The van der Waals surface area contributed by atoms with Crippen molar-refractivity contribution in [1.29, 1.82) is 0 Å². The molecule has 15 heavy (non-hydrogen) atoms. The number of imidazole rings is 1. The number of aromatic carboxylic acids is 1. The zero-order chi connectivity index (χ0) is 11.2. The van der Waals surface area contributed by atoms with Crippen molar-refractivity contribution in [3.8, 4) is 0 Å². The third kappa shape index (κ3) is 1.30. The second kappa shape index (κ2) is 2.94. The number of aromatic nitrogens is 3. The van der Waals surface area contributed by atoms with Crippen molar-refractivity contribution >= 4 is 23.0 Å². The number of anilines is 1. The Morgan fingerprint density at radius 2 is 2.20 bits per heavy atom. The van der Waals surface area contributed by atoms with Gasteiger partial charge in [0.05, 0.1) is 0 Å². The Bertz CT molecular complexity index is 559. The van der Waals surface area contributed by atoms with Gasteiger partial charge in [-0.05, 0) is 13.0 Å². The monoisotopic (exact) mass is 206 g/mol. The van der Waals surface area contributed by atoms with Gasteiger partial charge in [-0.15, -0.1) is 0 Å². The maximum atomic E-state index is 10.8. The van der Waals surface area contributed by atoms with Crippen LogP contribution in [0, 0.1) is 6.92 Å². The molecule has 0 spiro atoms. The van der Waals surface area contributed by atoms with Gasteiger partial charge >= 0.3 is 5.97 Å². The highest BCUT2D eigenvalue weighted by atomic mass is 16.4. The van der Waals surface area contributed by atoms with Crippen molar-refractivity contribution in [2.24, 2.45) is 7.05 Å². The van der Waals surface area contributed by atoms with Crippen LogP contribution in [0.4, 0.5) is 5.82 Å². The molecule has 0 fully saturated rings. The SMILES string of the molecule is Cc1nc2cc(C(=O)O)c(N)nc2n1C. The summed E-state index contributed by atoms with van der Waals surface area (Å²) in [6, 6.07) is 1.44. The molecule has 2 aromatic heterocycles. The van der Waals surface area contributed by atoms with Crippen LogP contribution in [-0.4, -0.2) is 25.6 Å². The molecule has 0 bridgehead atoms. The zero-order valence-electron chi connectivity index (χ0n) is 8.35. The Hall–Kier alpha value is -2.11. The van der Waals surface area contributed by atoms with Crippen molar-refractivity contribution in [3.05, 3.63) is 17.5 Å². The minimum atomic E-state index is -1.09. The fourth-order valence-corrected chi connectivity index (χ4v) is 1.41. The van der Waals surface area contributed by atoms with Gasteiger partial charge in [-0.25, -0.2) is 14.8 Å².